The van der Waals surface area contributed by atoms with Crippen LogP contribution in [0.5, 0.6) is 0 Å². The van der Waals surface area contributed by atoms with Gasteiger partial charge in [-0.25, -0.2) is 8.78 Å². The first kappa shape index (κ1) is 10.4. The molecule has 0 spiro atoms. The summed E-state index contributed by atoms with van der Waals surface area (Å²) in [5.74, 6) is -1.59. The van der Waals surface area contributed by atoms with Crippen molar-refractivity contribution >= 4 is 11.6 Å². The van der Waals surface area contributed by atoms with Gasteiger partial charge in [0, 0.05) is 13.0 Å². The number of primary amides is 1. The number of halogens is 2. The minimum Gasteiger partial charge on any atom is -0.382 e. The van der Waals surface area contributed by atoms with Gasteiger partial charge in [-0.2, -0.15) is 0 Å². The molecule has 1 amide bonds. The van der Waals surface area contributed by atoms with Crippen molar-refractivity contribution in [1.29, 1.82) is 0 Å². The second-order valence-corrected chi connectivity index (χ2v) is 2.77. The molecule has 0 aliphatic rings. The maximum absolute atomic E-state index is 12.9. The fraction of sp³-hybridized carbons (Fsp3) is 0.222. The molecule has 0 aromatic heterocycles. The van der Waals surface area contributed by atoms with Gasteiger partial charge in [0.2, 0.25) is 5.91 Å². The van der Waals surface area contributed by atoms with Gasteiger partial charge >= 0.3 is 0 Å². The molecule has 5 heteroatoms. The van der Waals surface area contributed by atoms with Crippen molar-refractivity contribution in [3.63, 3.8) is 0 Å². The van der Waals surface area contributed by atoms with Crippen LogP contribution in [0.3, 0.4) is 0 Å². The molecule has 14 heavy (non-hydrogen) atoms. The lowest BCUT2D eigenvalue weighted by molar-refractivity contribution is -0.117. The van der Waals surface area contributed by atoms with Crippen LogP contribution in [0.1, 0.15) is 6.42 Å². The quantitative estimate of drug-likeness (QED) is 0.768. The average molecular weight is 200 g/mol. The Labute approximate surface area is 79.9 Å². The van der Waals surface area contributed by atoms with Crippen molar-refractivity contribution in [3.8, 4) is 0 Å². The van der Waals surface area contributed by atoms with E-state index < -0.39 is 17.5 Å². The summed E-state index contributed by atoms with van der Waals surface area (Å²) < 4.78 is 25.6. The van der Waals surface area contributed by atoms with E-state index in [2.05, 4.69) is 5.32 Å². The normalized spacial score (nSPS) is 9.86. The topological polar surface area (TPSA) is 55.1 Å². The Bertz CT molecular complexity index is 342. The molecule has 0 saturated heterocycles. The SMILES string of the molecule is NC(=O)CCNc1cc(F)ccc1F. The van der Waals surface area contributed by atoms with E-state index >= 15 is 0 Å². The molecule has 1 rings (SSSR count). The predicted molar refractivity (Wildman–Crippen MR) is 48.7 cm³/mol. The number of carbonyl (C=O) groups is 1. The Kier molecular flexibility index (Phi) is 3.39. The molecular weight excluding hydrogens is 190 g/mol. The molecule has 1 aromatic carbocycles. The Morgan fingerprint density at radius 2 is 2.14 bits per heavy atom. The van der Waals surface area contributed by atoms with Gasteiger partial charge in [-0.15, -0.1) is 0 Å². The largest absolute Gasteiger partial charge is 0.382 e. The zero-order valence-electron chi connectivity index (χ0n) is 7.39. The summed E-state index contributed by atoms with van der Waals surface area (Å²) in [5.41, 5.74) is 4.91. The molecule has 0 unspecified atom stereocenters. The van der Waals surface area contributed by atoms with Gasteiger partial charge in [0.15, 0.2) is 0 Å². The smallest absolute Gasteiger partial charge is 0.219 e. The fourth-order valence-corrected chi connectivity index (χ4v) is 0.953. The molecule has 0 atom stereocenters. The number of hydrogen-bond acceptors (Lipinski definition) is 2. The van der Waals surface area contributed by atoms with Gasteiger partial charge < -0.3 is 11.1 Å². The van der Waals surface area contributed by atoms with Crippen LogP contribution >= 0.6 is 0 Å². The maximum atomic E-state index is 12.9. The molecule has 3 N–H and O–H groups in total. The fourth-order valence-electron chi connectivity index (χ4n) is 0.953. The molecule has 0 heterocycles. The van der Waals surface area contributed by atoms with Gasteiger partial charge in [0.05, 0.1) is 5.69 Å². The Balaban J connectivity index is 2.57. The summed E-state index contributed by atoms with van der Waals surface area (Å²) >= 11 is 0. The Morgan fingerprint density at radius 1 is 1.43 bits per heavy atom. The van der Waals surface area contributed by atoms with E-state index in [0.29, 0.717) is 0 Å². The first-order valence-electron chi connectivity index (χ1n) is 4.07. The number of benzene rings is 1. The minimum atomic E-state index is -0.559. The van der Waals surface area contributed by atoms with Crippen LogP contribution in [0.4, 0.5) is 14.5 Å². The number of rotatable bonds is 4. The molecule has 0 radical (unpaired) electrons. The van der Waals surface area contributed by atoms with E-state index in [1.807, 2.05) is 0 Å². The maximum Gasteiger partial charge on any atom is 0.219 e. The van der Waals surface area contributed by atoms with E-state index in [1.54, 1.807) is 0 Å². The minimum absolute atomic E-state index is 0.0336. The van der Waals surface area contributed by atoms with Crippen LogP contribution in [-0.4, -0.2) is 12.5 Å². The van der Waals surface area contributed by atoms with Crippen molar-refractivity contribution in [1.82, 2.24) is 0 Å². The van der Waals surface area contributed by atoms with Crippen LogP contribution in [0.25, 0.3) is 0 Å². The summed E-state index contributed by atoms with van der Waals surface area (Å²) in [6, 6.07) is 3.06. The van der Waals surface area contributed by atoms with Crippen LogP contribution in [0.15, 0.2) is 18.2 Å². The van der Waals surface area contributed by atoms with Crippen molar-refractivity contribution < 1.29 is 13.6 Å². The zero-order valence-corrected chi connectivity index (χ0v) is 7.39. The molecule has 0 fully saturated rings. The highest BCUT2D eigenvalue weighted by molar-refractivity contribution is 5.74. The number of nitrogens with two attached hydrogens (primary N) is 1. The van der Waals surface area contributed by atoms with E-state index in [9.17, 15) is 13.6 Å². The van der Waals surface area contributed by atoms with Crippen molar-refractivity contribution in [2.24, 2.45) is 5.73 Å². The number of hydrogen-bond donors (Lipinski definition) is 2. The molecule has 1 aromatic rings. The van der Waals surface area contributed by atoms with E-state index in [1.165, 1.54) is 0 Å². The predicted octanol–water partition coefficient (Wildman–Crippen LogP) is 1.25. The summed E-state index contributed by atoms with van der Waals surface area (Å²) in [5, 5.41) is 2.57. The van der Waals surface area contributed by atoms with Crippen LogP contribution in [-0.2, 0) is 4.79 Å². The zero-order chi connectivity index (χ0) is 10.6. The lowest BCUT2D eigenvalue weighted by Crippen LogP contribution is -2.16. The number of anilines is 1. The standard InChI is InChI=1S/C9H10F2N2O/c10-6-1-2-7(11)8(5-6)13-4-3-9(12)14/h1-2,5,13H,3-4H2,(H2,12,14). The number of nitrogens with one attached hydrogen (secondary N) is 1. The summed E-state index contributed by atoms with van der Waals surface area (Å²) in [6.07, 6.45) is 0.0793. The lowest BCUT2D eigenvalue weighted by Gasteiger charge is -2.05. The van der Waals surface area contributed by atoms with E-state index in [4.69, 9.17) is 5.73 Å². The number of carbonyl (C=O) groups excluding carboxylic acids is 1. The Morgan fingerprint density at radius 3 is 2.79 bits per heavy atom. The van der Waals surface area contributed by atoms with Crippen molar-refractivity contribution in [2.45, 2.75) is 6.42 Å². The van der Waals surface area contributed by atoms with Crippen molar-refractivity contribution in [3.05, 3.63) is 29.8 Å². The van der Waals surface area contributed by atoms with E-state index in [-0.39, 0.29) is 18.7 Å². The highest BCUT2D eigenvalue weighted by Crippen LogP contribution is 2.14. The third-order valence-corrected chi connectivity index (χ3v) is 1.62. The molecular formula is C9H10F2N2O. The highest BCUT2D eigenvalue weighted by atomic mass is 19.1. The van der Waals surface area contributed by atoms with E-state index in [0.717, 1.165) is 18.2 Å². The molecule has 3 nitrogen and oxygen atoms in total. The van der Waals surface area contributed by atoms with Crippen LogP contribution in [0, 0.1) is 11.6 Å². The monoisotopic (exact) mass is 200 g/mol. The van der Waals surface area contributed by atoms with Gasteiger partial charge in [-0.1, -0.05) is 0 Å². The molecule has 0 saturated carbocycles. The Hall–Kier alpha value is -1.65. The van der Waals surface area contributed by atoms with Crippen molar-refractivity contribution in [2.75, 3.05) is 11.9 Å². The first-order valence-corrected chi connectivity index (χ1v) is 4.07. The number of amides is 1. The second-order valence-electron chi connectivity index (χ2n) is 2.77. The van der Waals surface area contributed by atoms with Crippen LogP contribution in [0.2, 0.25) is 0 Å². The van der Waals surface area contributed by atoms with Crippen LogP contribution < -0.4 is 11.1 Å². The second kappa shape index (κ2) is 4.55. The molecule has 0 bridgehead atoms. The first-order chi connectivity index (χ1) is 6.59. The van der Waals surface area contributed by atoms with Gasteiger partial charge in [-0.3, -0.25) is 4.79 Å². The third kappa shape index (κ3) is 3.01. The molecule has 0 aliphatic heterocycles. The lowest BCUT2D eigenvalue weighted by atomic mass is 10.3. The molecule has 76 valence electrons. The van der Waals surface area contributed by atoms with Gasteiger partial charge in [-0.05, 0) is 18.2 Å². The average Bonchev–Trinajstić information content (AvgIpc) is 2.10. The third-order valence-electron chi connectivity index (χ3n) is 1.62. The molecule has 0 aliphatic carbocycles. The highest BCUT2D eigenvalue weighted by Gasteiger charge is 2.03. The van der Waals surface area contributed by atoms with Gasteiger partial charge in [0.1, 0.15) is 11.6 Å². The summed E-state index contributed by atoms with van der Waals surface area (Å²) in [6.45, 7) is 0.190. The summed E-state index contributed by atoms with van der Waals surface area (Å²) in [7, 11) is 0. The summed E-state index contributed by atoms with van der Waals surface area (Å²) in [4.78, 5) is 10.4. The van der Waals surface area contributed by atoms with Gasteiger partial charge in [0.25, 0.3) is 0 Å².